The Kier molecular flexibility index (Phi) is 3.43. The van der Waals surface area contributed by atoms with Crippen LogP contribution in [0.2, 0.25) is 0 Å². The molecule has 0 fully saturated rings. The van der Waals surface area contributed by atoms with Crippen molar-refractivity contribution < 1.29 is 4.74 Å². The van der Waals surface area contributed by atoms with E-state index in [-0.39, 0.29) is 0 Å². The van der Waals surface area contributed by atoms with Crippen LogP contribution in [0.5, 0.6) is 5.75 Å². The highest BCUT2D eigenvalue weighted by atomic mass is 16.5. The van der Waals surface area contributed by atoms with Crippen LogP contribution < -0.4 is 4.74 Å². The maximum atomic E-state index is 5.14. The molecule has 108 valence electrons. The molecule has 0 aliphatic heterocycles. The predicted molar refractivity (Wildman–Crippen MR) is 79.2 cm³/mol. The third-order valence-electron chi connectivity index (χ3n) is 3.28. The quantitative estimate of drug-likeness (QED) is 0.798. The minimum atomic E-state index is 0.586. The number of nitrogens with zero attached hydrogens (tertiary/aromatic N) is 4. The molecule has 0 bridgehead atoms. The Morgan fingerprint density at radius 2 is 1.95 bits per heavy atom. The lowest BCUT2D eigenvalue weighted by atomic mass is 10.2. The summed E-state index contributed by atoms with van der Waals surface area (Å²) in [6, 6.07) is 9.71. The number of hydrogen-bond acceptors (Lipinski definition) is 4. The van der Waals surface area contributed by atoms with Gasteiger partial charge in [0.15, 0.2) is 5.82 Å². The van der Waals surface area contributed by atoms with Gasteiger partial charge in [-0.05, 0) is 44.2 Å². The van der Waals surface area contributed by atoms with Gasteiger partial charge in [-0.2, -0.15) is 10.2 Å². The van der Waals surface area contributed by atoms with Crippen molar-refractivity contribution in [3.8, 4) is 17.1 Å². The number of H-pyrrole nitrogens is 1. The van der Waals surface area contributed by atoms with Gasteiger partial charge in [-0.1, -0.05) is 0 Å². The molecule has 0 saturated heterocycles. The van der Waals surface area contributed by atoms with Gasteiger partial charge in [0.25, 0.3) is 0 Å². The molecule has 0 unspecified atom stereocenters. The van der Waals surface area contributed by atoms with Gasteiger partial charge in [0.05, 0.1) is 12.8 Å². The first kappa shape index (κ1) is 13.4. The highest BCUT2D eigenvalue weighted by Gasteiger charge is 2.08. The van der Waals surface area contributed by atoms with Gasteiger partial charge >= 0.3 is 0 Å². The lowest BCUT2D eigenvalue weighted by Gasteiger charge is -2.00. The Balaban J connectivity index is 1.80. The second-order valence-electron chi connectivity index (χ2n) is 4.92. The molecule has 3 aromatic rings. The number of nitrogens with one attached hydrogen (secondary N) is 1. The fraction of sp³-hybridized carbons (Fsp3) is 0.267. The molecule has 0 amide bonds. The third-order valence-corrected chi connectivity index (χ3v) is 3.28. The van der Waals surface area contributed by atoms with Crippen molar-refractivity contribution in [2.75, 3.05) is 7.11 Å². The average Bonchev–Trinajstić information content (AvgIpc) is 3.07. The zero-order valence-corrected chi connectivity index (χ0v) is 12.3. The highest BCUT2D eigenvalue weighted by molar-refractivity contribution is 5.55. The molecule has 0 spiro atoms. The molecule has 3 rings (SSSR count). The normalized spacial score (nSPS) is 10.8. The van der Waals surface area contributed by atoms with Gasteiger partial charge in [-0.25, -0.2) is 4.98 Å². The second kappa shape index (κ2) is 5.40. The van der Waals surface area contributed by atoms with Gasteiger partial charge in [0.1, 0.15) is 18.1 Å². The first-order chi connectivity index (χ1) is 10.2. The Morgan fingerprint density at radius 1 is 1.19 bits per heavy atom. The van der Waals surface area contributed by atoms with Crippen molar-refractivity contribution in [2.24, 2.45) is 0 Å². The van der Waals surface area contributed by atoms with Crippen molar-refractivity contribution in [2.45, 2.75) is 20.4 Å². The van der Waals surface area contributed by atoms with Gasteiger partial charge in [0, 0.05) is 11.3 Å². The summed E-state index contributed by atoms with van der Waals surface area (Å²) >= 11 is 0. The topological polar surface area (TPSA) is 68.6 Å². The number of ether oxygens (including phenoxy) is 1. The minimum Gasteiger partial charge on any atom is -0.497 e. The molecule has 0 aliphatic rings. The number of aryl methyl sites for hydroxylation is 2. The van der Waals surface area contributed by atoms with E-state index >= 15 is 0 Å². The number of methoxy groups -OCH3 is 1. The van der Waals surface area contributed by atoms with Gasteiger partial charge < -0.3 is 4.74 Å². The second-order valence-corrected chi connectivity index (χ2v) is 4.92. The first-order valence-electron chi connectivity index (χ1n) is 6.72. The molecule has 0 radical (unpaired) electrons. The van der Waals surface area contributed by atoms with E-state index in [1.54, 1.807) is 7.11 Å². The largest absolute Gasteiger partial charge is 0.497 e. The van der Waals surface area contributed by atoms with E-state index in [1.807, 2.05) is 48.9 Å². The zero-order chi connectivity index (χ0) is 14.8. The van der Waals surface area contributed by atoms with Crippen LogP contribution in [-0.2, 0) is 6.54 Å². The summed E-state index contributed by atoms with van der Waals surface area (Å²) < 4.78 is 7.05. The van der Waals surface area contributed by atoms with Gasteiger partial charge in [-0.15, -0.1) is 0 Å². The van der Waals surface area contributed by atoms with Crippen molar-refractivity contribution in [1.82, 2.24) is 25.0 Å². The fourth-order valence-corrected chi connectivity index (χ4v) is 2.21. The van der Waals surface area contributed by atoms with E-state index in [0.717, 1.165) is 28.5 Å². The van der Waals surface area contributed by atoms with Crippen molar-refractivity contribution >= 4 is 0 Å². The maximum absolute atomic E-state index is 5.14. The van der Waals surface area contributed by atoms with Crippen LogP contribution in [0.25, 0.3) is 11.4 Å². The molecule has 0 aliphatic carbocycles. The van der Waals surface area contributed by atoms with Crippen molar-refractivity contribution in [3.05, 3.63) is 47.5 Å². The molecule has 0 atom stereocenters. The van der Waals surface area contributed by atoms with Crippen LogP contribution in [0, 0.1) is 13.8 Å². The lowest BCUT2D eigenvalue weighted by Crippen LogP contribution is -2.05. The van der Waals surface area contributed by atoms with Crippen LogP contribution >= 0.6 is 0 Å². The summed E-state index contributed by atoms with van der Waals surface area (Å²) in [6.45, 7) is 4.59. The molecule has 1 N–H and O–H groups in total. The maximum Gasteiger partial charge on any atom is 0.181 e. The first-order valence-corrected chi connectivity index (χ1v) is 6.72. The number of hydrogen-bond donors (Lipinski definition) is 1. The minimum absolute atomic E-state index is 0.586. The molecule has 6 heteroatoms. The molecular formula is C15H17N5O. The number of aromatic amines is 1. The highest BCUT2D eigenvalue weighted by Crippen LogP contribution is 2.19. The Morgan fingerprint density at radius 3 is 2.57 bits per heavy atom. The Labute approximate surface area is 122 Å². The van der Waals surface area contributed by atoms with E-state index in [0.29, 0.717) is 12.4 Å². The Hall–Kier alpha value is -2.63. The van der Waals surface area contributed by atoms with Crippen LogP contribution in [0.15, 0.2) is 30.3 Å². The van der Waals surface area contributed by atoms with E-state index in [4.69, 9.17) is 4.74 Å². The van der Waals surface area contributed by atoms with Crippen LogP contribution in [0.3, 0.4) is 0 Å². The van der Waals surface area contributed by atoms with Crippen LogP contribution in [0.4, 0.5) is 0 Å². The lowest BCUT2D eigenvalue weighted by molar-refractivity contribution is 0.415. The molecule has 1 aromatic carbocycles. The van der Waals surface area contributed by atoms with Gasteiger partial charge in [0.2, 0.25) is 0 Å². The van der Waals surface area contributed by atoms with Crippen molar-refractivity contribution in [1.29, 1.82) is 0 Å². The zero-order valence-electron chi connectivity index (χ0n) is 12.3. The summed E-state index contributed by atoms with van der Waals surface area (Å²) in [7, 11) is 1.65. The van der Waals surface area contributed by atoms with Crippen LogP contribution in [-0.4, -0.2) is 32.1 Å². The molecule has 2 heterocycles. The predicted octanol–water partition coefficient (Wildman–Crippen LogP) is 2.34. The summed E-state index contributed by atoms with van der Waals surface area (Å²) in [5.41, 5.74) is 3.06. The third kappa shape index (κ3) is 2.79. The summed E-state index contributed by atoms with van der Waals surface area (Å²) in [6.07, 6.45) is 0. The summed E-state index contributed by atoms with van der Waals surface area (Å²) in [5.74, 6) is 2.28. The molecule has 0 saturated carbocycles. The van der Waals surface area contributed by atoms with E-state index in [1.165, 1.54) is 0 Å². The molecule has 6 nitrogen and oxygen atoms in total. The number of aromatic nitrogens is 5. The number of benzene rings is 1. The average molecular weight is 283 g/mol. The molecular weight excluding hydrogens is 266 g/mol. The van der Waals surface area contributed by atoms with Gasteiger partial charge in [-0.3, -0.25) is 9.78 Å². The van der Waals surface area contributed by atoms with Crippen molar-refractivity contribution in [3.63, 3.8) is 0 Å². The SMILES string of the molecule is COc1ccc(-c2n[nH]c(Cn3nc(C)cc3C)n2)cc1. The smallest absolute Gasteiger partial charge is 0.181 e. The van der Waals surface area contributed by atoms with E-state index in [9.17, 15) is 0 Å². The van der Waals surface area contributed by atoms with Crippen LogP contribution in [0.1, 0.15) is 17.2 Å². The summed E-state index contributed by atoms with van der Waals surface area (Å²) in [4.78, 5) is 4.51. The molecule has 2 aromatic heterocycles. The van der Waals surface area contributed by atoms with E-state index in [2.05, 4.69) is 20.3 Å². The summed E-state index contributed by atoms with van der Waals surface area (Å²) in [5, 5.41) is 11.6. The monoisotopic (exact) mass is 283 g/mol. The number of rotatable bonds is 4. The van der Waals surface area contributed by atoms with E-state index < -0.39 is 0 Å². The standard InChI is InChI=1S/C15H17N5O/c1-10-8-11(2)20(19-10)9-14-16-15(18-17-14)12-4-6-13(21-3)7-5-12/h4-8H,9H2,1-3H3,(H,16,17,18). The molecule has 21 heavy (non-hydrogen) atoms. The fourth-order valence-electron chi connectivity index (χ4n) is 2.21. The Bertz CT molecular complexity index is 742.